The second-order valence-electron chi connectivity index (χ2n) is 8.77. The van der Waals surface area contributed by atoms with Crippen LogP contribution in [0.3, 0.4) is 0 Å². The van der Waals surface area contributed by atoms with Crippen LogP contribution in [0.2, 0.25) is 0 Å². The number of hydrogen-bond acceptors (Lipinski definition) is 5. The van der Waals surface area contributed by atoms with Gasteiger partial charge in [0.15, 0.2) is 5.75 Å². The van der Waals surface area contributed by atoms with Gasteiger partial charge in [-0.1, -0.05) is 12.8 Å². The standard InChI is InChI=1S/C26H26F7N3O3/c1-36(19-8-6-18(27)7-9-19)24(37)39-23-21(12-17(25(28,29)30)13-22(23)26(31,32)33)16(14-34)15-35-10-11-38-20-4-2-3-5-20/h6-9,12-15,20,34-35H,2-5,10-11H2,1H3/b16-15+,34-14?. The van der Waals surface area contributed by atoms with E-state index in [1.54, 1.807) is 0 Å². The van der Waals surface area contributed by atoms with Crippen molar-refractivity contribution in [1.29, 1.82) is 5.41 Å². The highest BCUT2D eigenvalue weighted by molar-refractivity contribution is 6.10. The molecule has 0 aromatic heterocycles. The first-order valence-electron chi connectivity index (χ1n) is 11.9. The van der Waals surface area contributed by atoms with Crippen LogP contribution in [0.15, 0.2) is 42.6 Å². The molecule has 13 heteroatoms. The molecule has 2 N–H and O–H groups in total. The van der Waals surface area contributed by atoms with Crippen LogP contribution in [-0.4, -0.2) is 38.6 Å². The smallest absolute Gasteiger partial charge is 0.409 e. The van der Waals surface area contributed by atoms with Crippen molar-refractivity contribution in [3.63, 3.8) is 0 Å². The highest BCUT2D eigenvalue weighted by Crippen LogP contribution is 2.44. The molecule has 0 aliphatic heterocycles. The third-order valence-electron chi connectivity index (χ3n) is 6.03. The Labute approximate surface area is 219 Å². The van der Waals surface area contributed by atoms with Crippen LogP contribution < -0.4 is 15.0 Å². The molecule has 1 saturated carbocycles. The third kappa shape index (κ3) is 7.94. The fraction of sp³-hybridized carbons (Fsp3) is 0.385. The SMILES string of the molecule is CN(C(=O)Oc1c(/C(C=N)=C/NCCOC2CCCC2)cc(C(F)(F)F)cc1C(F)(F)F)c1ccc(F)cc1. The van der Waals surface area contributed by atoms with Crippen LogP contribution in [0.5, 0.6) is 5.75 Å². The van der Waals surface area contributed by atoms with Gasteiger partial charge in [-0.05, 0) is 49.2 Å². The molecule has 0 radical (unpaired) electrons. The molecule has 0 spiro atoms. The van der Waals surface area contributed by atoms with Gasteiger partial charge in [-0.2, -0.15) is 26.3 Å². The zero-order valence-corrected chi connectivity index (χ0v) is 20.8. The summed E-state index contributed by atoms with van der Waals surface area (Å²) in [5, 5.41) is 10.4. The lowest BCUT2D eigenvalue weighted by Crippen LogP contribution is -2.30. The third-order valence-corrected chi connectivity index (χ3v) is 6.03. The Bertz CT molecular complexity index is 1190. The number of nitrogens with one attached hydrogen (secondary N) is 2. The number of amides is 1. The fourth-order valence-electron chi connectivity index (χ4n) is 3.97. The Kier molecular flexibility index (Phi) is 9.59. The predicted octanol–water partition coefficient (Wildman–Crippen LogP) is 7.04. The van der Waals surface area contributed by atoms with E-state index in [1.807, 2.05) is 0 Å². The molecule has 1 aliphatic carbocycles. The van der Waals surface area contributed by atoms with Gasteiger partial charge in [-0.3, -0.25) is 4.90 Å². The van der Waals surface area contributed by atoms with Gasteiger partial charge in [-0.15, -0.1) is 0 Å². The van der Waals surface area contributed by atoms with Crippen molar-refractivity contribution in [2.24, 2.45) is 0 Å². The number of alkyl halides is 6. The minimum atomic E-state index is -5.35. The first-order valence-corrected chi connectivity index (χ1v) is 11.9. The second kappa shape index (κ2) is 12.5. The minimum absolute atomic E-state index is 0.0511. The van der Waals surface area contributed by atoms with Crippen LogP contribution in [0.1, 0.15) is 42.4 Å². The van der Waals surface area contributed by atoms with Crippen LogP contribution in [0.4, 0.5) is 41.2 Å². The summed E-state index contributed by atoms with van der Waals surface area (Å²) in [5.41, 5.74) is -4.63. The summed E-state index contributed by atoms with van der Waals surface area (Å²) >= 11 is 0. The maximum Gasteiger partial charge on any atom is 0.420 e. The number of rotatable bonds is 9. The molecule has 0 unspecified atom stereocenters. The van der Waals surface area contributed by atoms with Crippen LogP contribution in [0, 0.1) is 11.2 Å². The molecule has 2 aromatic rings. The van der Waals surface area contributed by atoms with Crippen LogP contribution >= 0.6 is 0 Å². The normalized spacial score (nSPS) is 14.8. The first kappa shape index (κ1) is 29.9. The lowest BCUT2D eigenvalue weighted by Gasteiger charge is -2.22. The van der Waals surface area contributed by atoms with Crippen LogP contribution in [0.25, 0.3) is 5.57 Å². The van der Waals surface area contributed by atoms with E-state index in [9.17, 15) is 35.5 Å². The number of carbonyl (C=O) groups excluding carboxylic acids is 1. The van der Waals surface area contributed by atoms with E-state index in [2.05, 4.69) is 5.32 Å². The van der Waals surface area contributed by atoms with E-state index in [1.165, 1.54) is 0 Å². The fourth-order valence-corrected chi connectivity index (χ4v) is 3.97. The van der Waals surface area contributed by atoms with Gasteiger partial charge in [0.25, 0.3) is 0 Å². The van der Waals surface area contributed by atoms with E-state index < -0.39 is 52.3 Å². The van der Waals surface area contributed by atoms with E-state index in [-0.39, 0.29) is 31.0 Å². The average molecular weight is 561 g/mol. The summed E-state index contributed by atoms with van der Waals surface area (Å²) < 4.78 is 106. The second-order valence-corrected chi connectivity index (χ2v) is 8.77. The van der Waals surface area contributed by atoms with Crippen molar-refractivity contribution in [3.05, 3.63) is 65.1 Å². The zero-order chi connectivity index (χ0) is 28.8. The van der Waals surface area contributed by atoms with Crippen molar-refractivity contribution in [3.8, 4) is 5.75 Å². The van der Waals surface area contributed by atoms with Gasteiger partial charge >= 0.3 is 18.4 Å². The molecule has 0 heterocycles. The quantitative estimate of drug-likeness (QED) is 0.196. The van der Waals surface area contributed by atoms with Crippen molar-refractivity contribution in [2.75, 3.05) is 25.1 Å². The molecule has 0 atom stereocenters. The molecule has 39 heavy (non-hydrogen) atoms. The van der Waals surface area contributed by atoms with Crippen LogP contribution in [-0.2, 0) is 17.1 Å². The number of carbonyl (C=O) groups is 1. The first-order chi connectivity index (χ1) is 18.3. The van der Waals surface area contributed by atoms with Gasteiger partial charge in [0.05, 0.1) is 23.8 Å². The number of ether oxygens (including phenoxy) is 2. The highest BCUT2D eigenvalue weighted by Gasteiger charge is 2.41. The molecule has 1 aliphatic rings. The Morgan fingerprint density at radius 2 is 1.72 bits per heavy atom. The monoisotopic (exact) mass is 561 g/mol. The summed E-state index contributed by atoms with van der Waals surface area (Å²) in [6.07, 6.45) is -6.29. The Morgan fingerprint density at radius 3 is 2.28 bits per heavy atom. The Hall–Kier alpha value is -3.61. The number of anilines is 1. The predicted molar refractivity (Wildman–Crippen MR) is 130 cm³/mol. The Balaban J connectivity index is 1.98. The molecular formula is C26H26F7N3O3. The molecule has 212 valence electrons. The summed E-state index contributed by atoms with van der Waals surface area (Å²) in [4.78, 5) is 13.5. The molecule has 1 amide bonds. The van der Waals surface area contributed by atoms with Gasteiger partial charge in [0, 0.05) is 42.8 Å². The van der Waals surface area contributed by atoms with E-state index in [0.717, 1.165) is 68.1 Å². The number of nitrogens with zero attached hydrogens (tertiary/aromatic N) is 1. The molecule has 0 bridgehead atoms. The number of benzene rings is 2. The van der Waals surface area contributed by atoms with Crippen molar-refractivity contribution >= 4 is 23.6 Å². The number of halogens is 7. The maximum absolute atomic E-state index is 14.0. The summed E-state index contributed by atoms with van der Waals surface area (Å²) in [7, 11) is 1.13. The van der Waals surface area contributed by atoms with E-state index in [0.29, 0.717) is 12.3 Å². The minimum Gasteiger partial charge on any atom is -0.409 e. The van der Waals surface area contributed by atoms with E-state index >= 15 is 0 Å². The molecule has 2 aromatic carbocycles. The number of hydrogen-bond donors (Lipinski definition) is 2. The lowest BCUT2D eigenvalue weighted by atomic mass is 9.98. The lowest BCUT2D eigenvalue weighted by molar-refractivity contribution is -0.143. The van der Waals surface area contributed by atoms with Gasteiger partial charge in [0.2, 0.25) is 0 Å². The number of allylic oxidation sites excluding steroid dienone is 1. The van der Waals surface area contributed by atoms with Gasteiger partial charge in [-0.25, -0.2) is 9.18 Å². The summed E-state index contributed by atoms with van der Waals surface area (Å²) in [6.45, 7) is 0.397. The largest absolute Gasteiger partial charge is 0.420 e. The van der Waals surface area contributed by atoms with Gasteiger partial charge in [0.1, 0.15) is 5.82 Å². The molecule has 3 rings (SSSR count). The van der Waals surface area contributed by atoms with E-state index in [4.69, 9.17) is 14.9 Å². The molecule has 0 saturated heterocycles. The van der Waals surface area contributed by atoms with Gasteiger partial charge < -0.3 is 20.2 Å². The van der Waals surface area contributed by atoms with Crippen molar-refractivity contribution in [2.45, 2.75) is 44.1 Å². The Morgan fingerprint density at radius 1 is 1.08 bits per heavy atom. The van der Waals surface area contributed by atoms with Crippen molar-refractivity contribution in [1.82, 2.24) is 5.32 Å². The molecule has 6 nitrogen and oxygen atoms in total. The highest BCUT2D eigenvalue weighted by atomic mass is 19.4. The molecular weight excluding hydrogens is 535 g/mol. The average Bonchev–Trinajstić information content (AvgIpc) is 3.39. The topological polar surface area (TPSA) is 74.7 Å². The zero-order valence-electron chi connectivity index (χ0n) is 20.8. The summed E-state index contributed by atoms with van der Waals surface area (Å²) in [6, 6.07) is 4.55. The summed E-state index contributed by atoms with van der Waals surface area (Å²) in [5.74, 6) is -1.85. The maximum atomic E-state index is 14.0. The molecule has 1 fully saturated rings. The van der Waals surface area contributed by atoms with Crippen molar-refractivity contribution < 1.29 is 45.0 Å².